The third kappa shape index (κ3) is 6.69. The molecule has 178 valence electrons. The molecular formula is C30H34O4. The molecule has 4 rings (SSSR count). The summed E-state index contributed by atoms with van der Waals surface area (Å²) < 4.78 is 11.3. The first-order valence-corrected chi connectivity index (χ1v) is 12.5. The SMILES string of the molecule is Cc1ccc(C=CC(=O)c2ccc(OCCCCCCOC(=O)C3CC4C=CC3C4)cc2)cc1. The smallest absolute Gasteiger partial charge is 0.309 e. The molecule has 1 saturated carbocycles. The van der Waals surface area contributed by atoms with Gasteiger partial charge < -0.3 is 9.47 Å². The molecule has 3 unspecified atom stereocenters. The van der Waals surface area contributed by atoms with Crippen LogP contribution in [0.2, 0.25) is 0 Å². The third-order valence-electron chi connectivity index (χ3n) is 6.78. The van der Waals surface area contributed by atoms with Crippen LogP contribution in [-0.4, -0.2) is 25.0 Å². The molecule has 1 fully saturated rings. The highest BCUT2D eigenvalue weighted by molar-refractivity contribution is 6.06. The lowest BCUT2D eigenvalue weighted by Gasteiger charge is -2.16. The standard InChI is InChI=1S/C30H34O4/c1-22-6-8-23(9-7-22)11-17-29(31)25-13-15-27(16-14-25)33-18-4-2-3-5-19-34-30(32)28-21-24-10-12-26(28)20-24/h6-17,24,26,28H,2-5,18-21H2,1H3. The van der Waals surface area contributed by atoms with Crippen molar-refractivity contribution in [1.82, 2.24) is 0 Å². The first-order chi connectivity index (χ1) is 16.6. The molecule has 4 nitrogen and oxygen atoms in total. The summed E-state index contributed by atoms with van der Waals surface area (Å²) in [4.78, 5) is 24.6. The highest BCUT2D eigenvalue weighted by Crippen LogP contribution is 2.43. The summed E-state index contributed by atoms with van der Waals surface area (Å²) in [5.74, 6) is 1.84. The predicted octanol–water partition coefficient (Wildman–Crippen LogP) is 6.59. The van der Waals surface area contributed by atoms with E-state index in [2.05, 4.69) is 12.2 Å². The van der Waals surface area contributed by atoms with Crippen LogP contribution in [0.5, 0.6) is 5.75 Å². The second kappa shape index (κ2) is 11.8. The largest absolute Gasteiger partial charge is 0.494 e. The summed E-state index contributed by atoms with van der Waals surface area (Å²) in [7, 11) is 0. The average molecular weight is 459 g/mol. The number of ketones is 1. The van der Waals surface area contributed by atoms with E-state index in [4.69, 9.17) is 9.47 Å². The Morgan fingerprint density at radius 2 is 1.62 bits per heavy atom. The van der Waals surface area contributed by atoms with E-state index in [1.54, 1.807) is 18.2 Å². The minimum atomic E-state index is -0.0234. The van der Waals surface area contributed by atoms with Crippen molar-refractivity contribution in [2.45, 2.75) is 45.4 Å². The van der Waals surface area contributed by atoms with Crippen molar-refractivity contribution < 1.29 is 19.1 Å². The Bertz CT molecular complexity index is 1020. The number of fused-ring (bicyclic) bond motifs is 2. The second-order valence-electron chi connectivity index (χ2n) is 9.45. The van der Waals surface area contributed by atoms with Gasteiger partial charge in [-0.1, -0.05) is 48.1 Å². The molecule has 0 aromatic heterocycles. The summed E-state index contributed by atoms with van der Waals surface area (Å²) in [6.07, 6.45) is 13.9. The molecule has 2 aromatic carbocycles. The van der Waals surface area contributed by atoms with Crippen molar-refractivity contribution in [1.29, 1.82) is 0 Å². The second-order valence-corrected chi connectivity index (χ2v) is 9.45. The lowest BCUT2D eigenvalue weighted by atomic mass is 9.94. The molecule has 0 N–H and O–H groups in total. The van der Waals surface area contributed by atoms with E-state index in [9.17, 15) is 9.59 Å². The fourth-order valence-corrected chi connectivity index (χ4v) is 4.74. The van der Waals surface area contributed by atoms with Gasteiger partial charge in [0.05, 0.1) is 19.1 Å². The molecule has 2 aromatic rings. The minimum Gasteiger partial charge on any atom is -0.494 e. The van der Waals surface area contributed by atoms with Crippen molar-refractivity contribution >= 4 is 17.8 Å². The molecule has 0 radical (unpaired) electrons. The quantitative estimate of drug-likeness (QED) is 0.118. The molecule has 0 spiro atoms. The zero-order chi connectivity index (χ0) is 23.8. The number of rotatable bonds is 12. The lowest BCUT2D eigenvalue weighted by molar-refractivity contribution is -0.149. The number of carbonyl (C=O) groups is 2. The Kier molecular flexibility index (Phi) is 8.35. The first-order valence-electron chi connectivity index (χ1n) is 12.5. The normalized spacial score (nSPS) is 20.7. The van der Waals surface area contributed by atoms with Crippen molar-refractivity contribution in [2.24, 2.45) is 17.8 Å². The van der Waals surface area contributed by atoms with Gasteiger partial charge in [-0.2, -0.15) is 0 Å². The molecule has 2 bridgehead atoms. The number of esters is 1. The highest BCUT2D eigenvalue weighted by atomic mass is 16.5. The van der Waals surface area contributed by atoms with Gasteiger partial charge >= 0.3 is 5.97 Å². The van der Waals surface area contributed by atoms with Gasteiger partial charge in [0.2, 0.25) is 0 Å². The Morgan fingerprint density at radius 1 is 0.882 bits per heavy atom. The lowest BCUT2D eigenvalue weighted by Crippen LogP contribution is -2.22. The fourth-order valence-electron chi connectivity index (χ4n) is 4.74. The molecule has 0 saturated heterocycles. The van der Waals surface area contributed by atoms with Gasteiger partial charge in [0.25, 0.3) is 0 Å². The van der Waals surface area contributed by atoms with Gasteiger partial charge in [-0.25, -0.2) is 0 Å². The molecule has 3 atom stereocenters. The maximum atomic E-state index is 12.4. The van der Waals surface area contributed by atoms with Crippen molar-refractivity contribution in [3.63, 3.8) is 0 Å². The molecule has 2 aliphatic carbocycles. The zero-order valence-corrected chi connectivity index (χ0v) is 20.0. The van der Waals surface area contributed by atoms with Crippen LogP contribution in [0, 0.1) is 24.7 Å². The van der Waals surface area contributed by atoms with Gasteiger partial charge in [0, 0.05) is 5.56 Å². The Morgan fingerprint density at radius 3 is 2.29 bits per heavy atom. The molecular weight excluding hydrogens is 424 g/mol. The van der Waals surface area contributed by atoms with E-state index < -0.39 is 0 Å². The van der Waals surface area contributed by atoms with Crippen LogP contribution in [0.3, 0.4) is 0 Å². The van der Waals surface area contributed by atoms with Crippen LogP contribution in [0.1, 0.15) is 60.0 Å². The molecule has 2 aliphatic rings. The number of allylic oxidation sites excluding steroid dienone is 3. The zero-order valence-electron chi connectivity index (χ0n) is 20.0. The van der Waals surface area contributed by atoms with Crippen molar-refractivity contribution in [2.75, 3.05) is 13.2 Å². The molecule has 4 heteroatoms. The number of unbranched alkanes of at least 4 members (excludes halogenated alkanes) is 3. The Labute approximate surface area is 202 Å². The van der Waals surface area contributed by atoms with E-state index in [0.717, 1.165) is 49.8 Å². The van der Waals surface area contributed by atoms with Crippen LogP contribution in [0.4, 0.5) is 0 Å². The maximum Gasteiger partial charge on any atom is 0.309 e. The number of ether oxygens (including phenoxy) is 2. The van der Waals surface area contributed by atoms with Crippen LogP contribution in [0.15, 0.2) is 66.8 Å². The number of benzene rings is 2. The Balaban J connectivity index is 1.06. The van der Waals surface area contributed by atoms with Gasteiger partial charge in [-0.05, 0) is 93.2 Å². The van der Waals surface area contributed by atoms with E-state index >= 15 is 0 Å². The minimum absolute atomic E-state index is 0.00671. The van der Waals surface area contributed by atoms with Gasteiger partial charge in [0.15, 0.2) is 5.78 Å². The van der Waals surface area contributed by atoms with Crippen molar-refractivity contribution in [3.8, 4) is 5.75 Å². The molecule has 0 heterocycles. The summed E-state index contributed by atoms with van der Waals surface area (Å²) in [6, 6.07) is 15.4. The first kappa shape index (κ1) is 24.0. The number of hydrogen-bond donors (Lipinski definition) is 0. The fraction of sp³-hybridized carbons (Fsp3) is 0.400. The van der Waals surface area contributed by atoms with E-state index in [0.29, 0.717) is 30.6 Å². The van der Waals surface area contributed by atoms with Crippen LogP contribution in [-0.2, 0) is 9.53 Å². The number of aryl methyl sites for hydroxylation is 1. The van der Waals surface area contributed by atoms with Gasteiger partial charge in [-0.3, -0.25) is 9.59 Å². The van der Waals surface area contributed by atoms with Crippen molar-refractivity contribution in [3.05, 3.63) is 83.4 Å². The molecule has 34 heavy (non-hydrogen) atoms. The summed E-state index contributed by atoms with van der Waals surface area (Å²) in [6.45, 7) is 3.20. The molecule has 0 amide bonds. The molecule has 0 aliphatic heterocycles. The van der Waals surface area contributed by atoms with Crippen LogP contribution >= 0.6 is 0 Å². The van der Waals surface area contributed by atoms with Crippen LogP contribution < -0.4 is 4.74 Å². The average Bonchev–Trinajstić information content (AvgIpc) is 3.49. The maximum absolute atomic E-state index is 12.4. The van der Waals surface area contributed by atoms with Crippen LogP contribution in [0.25, 0.3) is 6.08 Å². The van der Waals surface area contributed by atoms with Gasteiger partial charge in [0.1, 0.15) is 5.75 Å². The number of carbonyl (C=O) groups excluding carboxylic acids is 2. The van der Waals surface area contributed by atoms with E-state index in [1.807, 2.05) is 49.4 Å². The summed E-state index contributed by atoms with van der Waals surface area (Å²) in [5, 5.41) is 0. The van der Waals surface area contributed by atoms with E-state index in [-0.39, 0.29) is 17.7 Å². The summed E-state index contributed by atoms with van der Waals surface area (Å²) in [5.41, 5.74) is 2.85. The van der Waals surface area contributed by atoms with E-state index in [1.165, 1.54) is 5.56 Å². The summed E-state index contributed by atoms with van der Waals surface area (Å²) >= 11 is 0. The van der Waals surface area contributed by atoms with Gasteiger partial charge in [-0.15, -0.1) is 0 Å². The highest BCUT2D eigenvalue weighted by Gasteiger charge is 2.40. The topological polar surface area (TPSA) is 52.6 Å². The monoisotopic (exact) mass is 458 g/mol. The number of hydrogen-bond acceptors (Lipinski definition) is 4. The Hall–Kier alpha value is -3.14. The predicted molar refractivity (Wildman–Crippen MR) is 135 cm³/mol. The third-order valence-corrected chi connectivity index (χ3v) is 6.78.